The van der Waals surface area contributed by atoms with Gasteiger partial charge in [0.15, 0.2) is 17.3 Å². The Bertz CT molecular complexity index is 1620. The molecule has 0 radical (unpaired) electrons. The fourth-order valence-corrected chi connectivity index (χ4v) is 4.86. The summed E-state index contributed by atoms with van der Waals surface area (Å²) >= 11 is 0. The van der Waals surface area contributed by atoms with Gasteiger partial charge in [0.2, 0.25) is 5.91 Å². The first kappa shape index (κ1) is 29.2. The van der Waals surface area contributed by atoms with Gasteiger partial charge in [-0.3, -0.25) is 23.8 Å². The third-order valence-electron chi connectivity index (χ3n) is 6.66. The summed E-state index contributed by atoms with van der Waals surface area (Å²) in [5.74, 6) is -5.84. The van der Waals surface area contributed by atoms with Crippen LogP contribution in [0.1, 0.15) is 59.4 Å². The number of aromatic nitrogens is 3. The summed E-state index contributed by atoms with van der Waals surface area (Å²) in [5.41, 5.74) is 1.74. The van der Waals surface area contributed by atoms with E-state index in [4.69, 9.17) is 0 Å². The molecular formula is C29H28F3N5O4. The number of fused-ring (bicyclic) bond motifs is 1. The Labute approximate surface area is 233 Å². The number of hydrogen-bond acceptors (Lipinski definition) is 5. The summed E-state index contributed by atoms with van der Waals surface area (Å²) in [6, 6.07) is 2.09. The van der Waals surface area contributed by atoms with Gasteiger partial charge < -0.3 is 15.7 Å². The van der Waals surface area contributed by atoms with Crippen LogP contribution >= 0.6 is 0 Å². The number of rotatable bonds is 10. The smallest absolute Gasteiger partial charge is 0.305 e. The fraction of sp³-hybridized carbons (Fsp3) is 0.276. The summed E-state index contributed by atoms with van der Waals surface area (Å²) in [5, 5.41) is 14.7. The van der Waals surface area contributed by atoms with Crippen LogP contribution in [0.15, 0.2) is 49.1 Å². The number of carbonyl (C=O) groups is 3. The van der Waals surface area contributed by atoms with E-state index in [1.165, 1.54) is 47.4 Å². The maximum absolute atomic E-state index is 15.1. The molecule has 2 aromatic heterocycles. The summed E-state index contributed by atoms with van der Waals surface area (Å²) in [6.07, 6.45) is 5.67. The minimum absolute atomic E-state index is 0.143. The van der Waals surface area contributed by atoms with E-state index in [-0.39, 0.29) is 17.7 Å². The molecule has 0 aliphatic rings. The molecule has 9 nitrogen and oxygen atoms in total. The quantitative estimate of drug-likeness (QED) is 0.256. The van der Waals surface area contributed by atoms with Crippen molar-refractivity contribution < 1.29 is 32.7 Å². The van der Waals surface area contributed by atoms with Crippen molar-refractivity contribution in [3.63, 3.8) is 0 Å². The van der Waals surface area contributed by atoms with Crippen molar-refractivity contribution in [3.8, 4) is 11.1 Å². The molecule has 41 heavy (non-hydrogen) atoms. The van der Waals surface area contributed by atoms with Crippen molar-refractivity contribution in [2.75, 3.05) is 0 Å². The van der Waals surface area contributed by atoms with Gasteiger partial charge in [-0.15, -0.1) is 0 Å². The molecule has 0 aliphatic carbocycles. The Morgan fingerprint density at radius 1 is 1.02 bits per heavy atom. The van der Waals surface area contributed by atoms with Crippen LogP contribution in [-0.4, -0.2) is 43.3 Å². The number of amides is 2. The van der Waals surface area contributed by atoms with Crippen LogP contribution in [0.3, 0.4) is 0 Å². The van der Waals surface area contributed by atoms with Gasteiger partial charge >= 0.3 is 5.97 Å². The number of carbonyl (C=O) groups excluding carboxylic acids is 2. The van der Waals surface area contributed by atoms with Crippen molar-refractivity contribution in [2.45, 2.75) is 52.1 Å². The number of carboxylic acids is 1. The topological polar surface area (TPSA) is 126 Å². The van der Waals surface area contributed by atoms with E-state index in [0.717, 1.165) is 6.07 Å². The summed E-state index contributed by atoms with van der Waals surface area (Å²) in [7, 11) is 0. The zero-order chi connectivity index (χ0) is 29.8. The van der Waals surface area contributed by atoms with Crippen LogP contribution in [0, 0.1) is 31.3 Å². The lowest BCUT2D eigenvalue weighted by atomic mass is 9.91. The first-order valence-electron chi connectivity index (χ1n) is 12.9. The summed E-state index contributed by atoms with van der Waals surface area (Å²) in [4.78, 5) is 46.1. The number of aryl methyl sites for hydroxylation is 2. The molecule has 0 saturated heterocycles. The van der Waals surface area contributed by atoms with Gasteiger partial charge in [0.1, 0.15) is 17.6 Å². The molecule has 4 rings (SSSR count). The normalized spacial score (nSPS) is 12.6. The number of carboxylic acid groups (broad SMARTS) is 1. The third-order valence-corrected chi connectivity index (χ3v) is 6.66. The largest absolute Gasteiger partial charge is 0.481 e. The maximum atomic E-state index is 15.1. The van der Waals surface area contributed by atoms with Crippen LogP contribution in [0.25, 0.3) is 16.8 Å². The van der Waals surface area contributed by atoms with Crippen molar-refractivity contribution in [1.29, 1.82) is 0 Å². The highest BCUT2D eigenvalue weighted by Crippen LogP contribution is 2.33. The maximum Gasteiger partial charge on any atom is 0.305 e. The second-order valence-electron chi connectivity index (χ2n) is 9.70. The van der Waals surface area contributed by atoms with Gasteiger partial charge in [0, 0.05) is 18.0 Å². The lowest BCUT2D eigenvalue weighted by Crippen LogP contribution is -2.48. The van der Waals surface area contributed by atoms with E-state index in [1.807, 2.05) is 0 Å². The Morgan fingerprint density at radius 2 is 1.73 bits per heavy atom. The first-order chi connectivity index (χ1) is 19.5. The van der Waals surface area contributed by atoms with Crippen LogP contribution in [-0.2, 0) is 9.59 Å². The number of imidazole rings is 1. The van der Waals surface area contributed by atoms with Crippen molar-refractivity contribution in [3.05, 3.63) is 88.9 Å². The number of nitrogens with zero attached hydrogens (tertiary/aromatic N) is 3. The van der Waals surface area contributed by atoms with E-state index in [9.17, 15) is 28.3 Å². The van der Waals surface area contributed by atoms with Gasteiger partial charge in [-0.2, -0.15) is 0 Å². The molecule has 0 bridgehead atoms. The molecule has 0 fully saturated rings. The number of halogens is 3. The molecule has 2 aromatic carbocycles. The standard InChI is InChI=1S/C29H28F3N5O4/c1-4-5-21(35-29(41)23-13-34-24-14-33-6-7-37(23)24)28(40)36-22(12-25(38)39)19-10-17(11-20(31)27(19)32)26-15(2)8-18(30)9-16(26)3/h6-11,13-14,21-22H,4-5,12H2,1-3H3,(H,35,41)(H,36,40)(H,38,39)/t21-,22-/m0/s1. The van der Waals surface area contributed by atoms with E-state index < -0.39 is 59.3 Å². The van der Waals surface area contributed by atoms with Gasteiger partial charge in [-0.1, -0.05) is 13.3 Å². The van der Waals surface area contributed by atoms with Gasteiger partial charge in [0.25, 0.3) is 5.91 Å². The average molecular weight is 568 g/mol. The number of aliphatic carboxylic acids is 1. The molecule has 2 amide bonds. The third kappa shape index (κ3) is 6.37. The molecule has 0 saturated carbocycles. The molecule has 0 spiro atoms. The van der Waals surface area contributed by atoms with Gasteiger partial charge in [-0.05, 0) is 66.8 Å². The highest BCUT2D eigenvalue weighted by molar-refractivity contribution is 5.97. The number of benzene rings is 2. The van der Waals surface area contributed by atoms with Crippen molar-refractivity contribution in [2.24, 2.45) is 0 Å². The minimum Gasteiger partial charge on any atom is -0.481 e. The van der Waals surface area contributed by atoms with E-state index in [2.05, 4.69) is 20.6 Å². The molecule has 2 atom stereocenters. The second kappa shape index (κ2) is 12.2. The molecule has 214 valence electrons. The Hall–Kier alpha value is -4.74. The lowest BCUT2D eigenvalue weighted by Gasteiger charge is -2.24. The molecule has 12 heteroatoms. The van der Waals surface area contributed by atoms with Crippen LogP contribution in [0.2, 0.25) is 0 Å². The van der Waals surface area contributed by atoms with Gasteiger partial charge in [0.05, 0.1) is 24.9 Å². The summed E-state index contributed by atoms with van der Waals surface area (Å²) < 4.78 is 45.4. The number of hydrogen-bond donors (Lipinski definition) is 3. The Morgan fingerprint density at radius 3 is 2.39 bits per heavy atom. The van der Waals surface area contributed by atoms with Crippen LogP contribution < -0.4 is 10.6 Å². The van der Waals surface area contributed by atoms with E-state index in [1.54, 1.807) is 20.8 Å². The molecule has 3 N–H and O–H groups in total. The van der Waals surface area contributed by atoms with Crippen molar-refractivity contribution in [1.82, 2.24) is 25.0 Å². The zero-order valence-corrected chi connectivity index (χ0v) is 22.5. The zero-order valence-electron chi connectivity index (χ0n) is 22.5. The minimum atomic E-state index is -1.48. The molecule has 0 aliphatic heterocycles. The Balaban J connectivity index is 1.66. The van der Waals surface area contributed by atoms with Crippen LogP contribution in [0.5, 0.6) is 0 Å². The molecule has 2 heterocycles. The SMILES string of the molecule is CCC[C@H](NC(=O)c1cnc2cnccn12)C(=O)N[C@@H](CC(=O)O)c1cc(-c2c(C)cc(F)cc2C)cc(F)c1F. The Kier molecular flexibility index (Phi) is 8.70. The molecular weight excluding hydrogens is 539 g/mol. The monoisotopic (exact) mass is 567 g/mol. The highest BCUT2D eigenvalue weighted by atomic mass is 19.2. The van der Waals surface area contributed by atoms with Gasteiger partial charge in [-0.25, -0.2) is 18.2 Å². The lowest BCUT2D eigenvalue weighted by molar-refractivity contribution is -0.137. The highest BCUT2D eigenvalue weighted by Gasteiger charge is 2.29. The predicted molar refractivity (Wildman–Crippen MR) is 144 cm³/mol. The van der Waals surface area contributed by atoms with E-state index >= 15 is 4.39 Å². The van der Waals surface area contributed by atoms with Crippen molar-refractivity contribution >= 4 is 23.4 Å². The van der Waals surface area contributed by atoms with Crippen LogP contribution in [0.4, 0.5) is 13.2 Å². The predicted octanol–water partition coefficient (Wildman–Crippen LogP) is 4.66. The first-order valence-corrected chi connectivity index (χ1v) is 12.9. The molecule has 0 unspecified atom stereocenters. The van der Waals surface area contributed by atoms with E-state index in [0.29, 0.717) is 28.8 Å². The average Bonchev–Trinajstić information content (AvgIpc) is 3.33. The number of nitrogens with one attached hydrogen (secondary N) is 2. The fourth-order valence-electron chi connectivity index (χ4n) is 4.86. The summed E-state index contributed by atoms with van der Waals surface area (Å²) in [6.45, 7) is 5.01. The molecule has 4 aromatic rings. The second-order valence-corrected chi connectivity index (χ2v) is 9.70.